The highest BCUT2D eigenvalue weighted by Crippen LogP contribution is 2.61. The molecule has 1 heterocycles. The molecule has 6 aliphatic rings. The Morgan fingerprint density at radius 3 is 2.00 bits per heavy atom. The molecule has 5 saturated carbocycles. The minimum absolute atomic E-state index is 0.0945. The van der Waals surface area contributed by atoms with Gasteiger partial charge < -0.3 is 52.2 Å². The zero-order valence-corrected chi connectivity index (χ0v) is 30.6. The van der Waals surface area contributed by atoms with Gasteiger partial charge >= 0.3 is 11.9 Å². The number of guanidine groups is 1. The summed E-state index contributed by atoms with van der Waals surface area (Å²) >= 11 is 0. The van der Waals surface area contributed by atoms with Crippen molar-refractivity contribution >= 4 is 29.7 Å². The summed E-state index contributed by atoms with van der Waals surface area (Å²) in [4.78, 5) is 54.2. The molecule has 1 saturated heterocycles. The number of carbonyl (C=O) groups is 4. The molecule has 288 valence electrons. The lowest BCUT2D eigenvalue weighted by Gasteiger charge is -2.59. The Morgan fingerprint density at radius 1 is 0.922 bits per heavy atom. The zero-order chi connectivity index (χ0) is 37.4. The molecule has 15 nitrogen and oxygen atoms in total. The summed E-state index contributed by atoms with van der Waals surface area (Å²) in [7, 11) is 0. The fraction of sp³-hybridized carbons (Fsp3) is 0.861. The highest BCUT2D eigenvalue weighted by atomic mass is 16.6. The Labute approximate surface area is 300 Å². The number of rotatable bonds is 14. The van der Waals surface area contributed by atoms with Gasteiger partial charge in [0.25, 0.3) is 0 Å². The maximum Gasteiger partial charge on any atom is 0.357 e. The summed E-state index contributed by atoms with van der Waals surface area (Å²) in [5, 5.41) is 55.1. The predicted molar refractivity (Wildman–Crippen MR) is 187 cm³/mol. The molecule has 5 aliphatic carbocycles. The van der Waals surface area contributed by atoms with E-state index in [9.17, 15) is 39.6 Å². The number of nitrogens with zero attached hydrogens (tertiary/aromatic N) is 1. The van der Waals surface area contributed by atoms with Gasteiger partial charge in [-0.25, -0.2) is 9.79 Å². The van der Waals surface area contributed by atoms with E-state index in [1.54, 1.807) is 0 Å². The van der Waals surface area contributed by atoms with E-state index in [-0.39, 0.29) is 42.2 Å². The monoisotopic (exact) mass is 720 g/mol. The zero-order valence-electron chi connectivity index (χ0n) is 30.6. The second kappa shape index (κ2) is 15.5. The summed E-state index contributed by atoms with van der Waals surface area (Å²) < 4.78 is 6.30. The molecular weight excluding hydrogens is 660 g/mol. The summed E-state index contributed by atoms with van der Waals surface area (Å²) in [6.45, 7) is 8.89. The Balaban J connectivity index is 1.39. The summed E-state index contributed by atoms with van der Waals surface area (Å²) in [6, 6.07) is -2.32. The first-order valence-corrected chi connectivity index (χ1v) is 18.9. The number of carboxylic acid groups (broad SMARTS) is 2. The number of aliphatic hydroxyl groups excluding tert-OH is 2. The van der Waals surface area contributed by atoms with E-state index in [1.165, 1.54) is 33.1 Å². The third-order valence-corrected chi connectivity index (χ3v) is 13.0. The highest BCUT2D eigenvalue weighted by molar-refractivity contribution is 5.87. The molecule has 10 unspecified atom stereocenters. The lowest BCUT2D eigenvalue weighted by atomic mass is 9.48. The second-order valence-electron chi connectivity index (χ2n) is 16.5. The Bertz CT molecular complexity index is 1310. The van der Waals surface area contributed by atoms with E-state index in [0.717, 1.165) is 37.0 Å². The van der Waals surface area contributed by atoms with Crippen LogP contribution in [-0.4, -0.2) is 105 Å². The van der Waals surface area contributed by atoms with Crippen LogP contribution < -0.4 is 27.0 Å². The van der Waals surface area contributed by atoms with Gasteiger partial charge in [-0.1, -0.05) is 26.7 Å². The quantitative estimate of drug-likeness (QED) is 0.0898. The van der Waals surface area contributed by atoms with Gasteiger partial charge in [0.05, 0.1) is 36.3 Å². The van der Waals surface area contributed by atoms with Crippen molar-refractivity contribution in [1.82, 2.24) is 21.3 Å². The van der Waals surface area contributed by atoms with Crippen LogP contribution in [0.3, 0.4) is 0 Å². The van der Waals surface area contributed by atoms with Crippen LogP contribution in [-0.2, 0) is 23.9 Å². The van der Waals surface area contributed by atoms with Gasteiger partial charge in [0.1, 0.15) is 0 Å². The topological polar surface area (TPSA) is 245 Å². The molecule has 0 aromatic rings. The van der Waals surface area contributed by atoms with Crippen LogP contribution in [0.4, 0.5) is 0 Å². The third-order valence-electron chi connectivity index (χ3n) is 13.0. The number of aliphatic carboxylic acids is 2. The molecule has 2 amide bonds. The van der Waals surface area contributed by atoms with E-state index in [2.05, 4.69) is 33.2 Å². The third kappa shape index (κ3) is 8.16. The molecule has 0 spiro atoms. The molecule has 6 rings (SSSR count). The Morgan fingerprint density at radius 2 is 1.51 bits per heavy atom. The van der Waals surface area contributed by atoms with Crippen LogP contribution in [0.2, 0.25) is 0 Å². The van der Waals surface area contributed by atoms with Gasteiger partial charge in [-0.05, 0) is 81.0 Å². The summed E-state index contributed by atoms with van der Waals surface area (Å²) in [6.07, 6.45) is 4.42. The van der Waals surface area contributed by atoms with Gasteiger partial charge in [0.2, 0.25) is 17.5 Å². The van der Waals surface area contributed by atoms with Gasteiger partial charge in [-0.15, -0.1) is 0 Å². The first-order valence-electron chi connectivity index (χ1n) is 18.9. The minimum Gasteiger partial charge on any atom is -0.481 e. The smallest absolute Gasteiger partial charge is 0.357 e. The lowest BCUT2D eigenvalue weighted by Crippen LogP contribution is -2.71. The second-order valence-corrected chi connectivity index (χ2v) is 16.5. The molecular formula is C36H60N6O9. The Hall–Kier alpha value is -3.01. The first kappa shape index (κ1) is 39.2. The van der Waals surface area contributed by atoms with E-state index in [0.29, 0.717) is 12.8 Å². The van der Waals surface area contributed by atoms with Crippen molar-refractivity contribution in [3.05, 3.63) is 0 Å². The largest absolute Gasteiger partial charge is 0.481 e. The molecule has 4 bridgehead atoms. The van der Waals surface area contributed by atoms with Gasteiger partial charge in [0.15, 0.2) is 5.96 Å². The van der Waals surface area contributed by atoms with Crippen LogP contribution in [0, 0.1) is 40.9 Å². The molecule has 1 aliphatic heterocycles. The minimum atomic E-state index is -2.25. The summed E-state index contributed by atoms with van der Waals surface area (Å²) in [5.41, 5.74) is 4.29. The van der Waals surface area contributed by atoms with Gasteiger partial charge in [-0.2, -0.15) is 0 Å². The SMILES string of the molecule is CCC(CC)C(NC(C)=O)C1C(N=C(N)NC2(C(=O)O)CC(O)C(NC(C)=O)C(CNC(C)C34CC5CC(CC(C5)C3)C4)O2)CC(C(=O)O)C1O. The van der Waals surface area contributed by atoms with Crippen LogP contribution in [0.25, 0.3) is 0 Å². The average Bonchev–Trinajstić information content (AvgIpc) is 3.35. The van der Waals surface area contributed by atoms with E-state index >= 15 is 0 Å². The molecule has 0 aromatic carbocycles. The van der Waals surface area contributed by atoms with Crippen molar-refractivity contribution in [3.63, 3.8) is 0 Å². The number of aliphatic imine (C=N–C) groups is 1. The molecule has 6 fully saturated rings. The maximum atomic E-state index is 13.0. The number of nitrogens with two attached hydrogens (primary N) is 1. The van der Waals surface area contributed by atoms with Crippen molar-refractivity contribution in [2.24, 2.45) is 51.6 Å². The first-order chi connectivity index (χ1) is 24.0. The van der Waals surface area contributed by atoms with Crippen molar-refractivity contribution in [1.29, 1.82) is 0 Å². The summed E-state index contributed by atoms with van der Waals surface area (Å²) in [5.74, 6) is -3.70. The number of carbonyl (C=O) groups excluding carboxylic acids is 2. The normalized spacial score (nSPS) is 40.1. The molecule has 0 radical (unpaired) electrons. The van der Waals surface area contributed by atoms with Crippen molar-refractivity contribution in [2.75, 3.05) is 6.54 Å². The van der Waals surface area contributed by atoms with Gasteiger partial charge in [-0.3, -0.25) is 14.4 Å². The number of hydrogen-bond acceptors (Lipinski definition) is 9. The van der Waals surface area contributed by atoms with Crippen LogP contribution >= 0.6 is 0 Å². The number of aliphatic hydroxyl groups is 2. The van der Waals surface area contributed by atoms with Gasteiger partial charge in [0, 0.05) is 44.8 Å². The predicted octanol–water partition coefficient (Wildman–Crippen LogP) is 0.912. The van der Waals surface area contributed by atoms with E-state index in [1.807, 2.05) is 13.8 Å². The molecule has 15 heteroatoms. The van der Waals surface area contributed by atoms with E-state index < -0.39 is 78.3 Å². The van der Waals surface area contributed by atoms with E-state index in [4.69, 9.17) is 10.5 Å². The fourth-order valence-electron chi connectivity index (χ4n) is 11.0. The average molecular weight is 721 g/mol. The number of nitrogens with one attached hydrogen (secondary N) is 4. The fourth-order valence-corrected chi connectivity index (χ4v) is 11.0. The number of amides is 2. The lowest BCUT2D eigenvalue weighted by molar-refractivity contribution is -0.208. The highest BCUT2D eigenvalue weighted by Gasteiger charge is 2.56. The molecule has 0 aromatic heterocycles. The standard InChI is InChI=1S/C36H60N6O9/c1-6-23(7-2)29(39-18(4)43)28-25(11-24(31(28)46)32(47)48)41-34(37)42-36(33(49)50)15-26(45)30(40-19(5)44)27(51-36)16-38-17(3)35-12-20-8-21(13-35)10-22(9-20)14-35/h17,20-31,38,45-46H,6-16H2,1-5H3,(H,39,43)(H,40,44)(H,47,48)(H,49,50)(H3,37,41,42). The van der Waals surface area contributed by atoms with Crippen molar-refractivity contribution in [3.8, 4) is 0 Å². The molecule has 10 N–H and O–H groups in total. The molecule has 10 atom stereocenters. The Kier molecular flexibility index (Phi) is 11.9. The van der Waals surface area contributed by atoms with Crippen molar-refractivity contribution in [2.45, 2.75) is 147 Å². The number of hydrogen-bond donors (Lipinski definition) is 9. The van der Waals surface area contributed by atoms with Crippen LogP contribution in [0.1, 0.15) is 98.8 Å². The number of ether oxygens (including phenoxy) is 1. The molecule has 51 heavy (non-hydrogen) atoms. The van der Waals surface area contributed by atoms with Crippen molar-refractivity contribution < 1.29 is 44.3 Å². The van der Waals surface area contributed by atoms with Crippen LogP contribution in [0.5, 0.6) is 0 Å². The maximum absolute atomic E-state index is 13.0. The van der Waals surface area contributed by atoms with Crippen LogP contribution in [0.15, 0.2) is 4.99 Å². The number of carboxylic acids is 2.